The molecule has 2 atom stereocenters. The molecule has 4 N–H and O–H groups in total. The summed E-state index contributed by atoms with van der Waals surface area (Å²) in [7, 11) is 0. The van der Waals surface area contributed by atoms with Crippen LogP contribution in [0.5, 0.6) is 0 Å². The molecule has 1 amide bonds. The molecule has 1 fully saturated rings. The molecule has 5 nitrogen and oxygen atoms in total. The quantitative estimate of drug-likeness (QED) is 0.574. The summed E-state index contributed by atoms with van der Waals surface area (Å²) in [6.45, 7) is 2.07. The highest BCUT2D eigenvalue weighted by Crippen LogP contribution is 2.19. The maximum atomic E-state index is 10.3. The lowest BCUT2D eigenvalue weighted by Crippen LogP contribution is -2.40. The summed E-state index contributed by atoms with van der Waals surface area (Å²) in [5.74, 6) is 0.389. The second-order valence-corrected chi connectivity index (χ2v) is 3.98. The van der Waals surface area contributed by atoms with E-state index in [0.29, 0.717) is 19.1 Å². The number of nitrogens with one attached hydrogen (secondary N) is 1. The number of ether oxygens (including phenoxy) is 1. The first kappa shape index (κ1) is 12.3. The minimum absolute atomic E-state index is 0.226. The van der Waals surface area contributed by atoms with Crippen molar-refractivity contribution in [3.63, 3.8) is 0 Å². The second-order valence-electron chi connectivity index (χ2n) is 3.98. The van der Waals surface area contributed by atoms with Gasteiger partial charge in [-0.1, -0.05) is 0 Å². The Balaban J connectivity index is 2.01. The van der Waals surface area contributed by atoms with E-state index in [1.54, 1.807) is 0 Å². The number of amides is 1. The Bertz CT molecular complexity index is 199. The van der Waals surface area contributed by atoms with Gasteiger partial charge in [0.1, 0.15) is 0 Å². The molecule has 0 saturated carbocycles. The predicted octanol–water partition coefficient (Wildman–Crippen LogP) is 0.222. The first-order valence-electron chi connectivity index (χ1n) is 5.51. The van der Waals surface area contributed by atoms with Crippen LogP contribution in [0.3, 0.4) is 0 Å². The molecule has 1 heterocycles. The van der Waals surface area contributed by atoms with E-state index in [2.05, 4.69) is 10.1 Å². The number of nitrogens with two attached hydrogens (primary N) is 1. The summed E-state index contributed by atoms with van der Waals surface area (Å²) in [5.41, 5.74) is 4.83. The minimum Gasteiger partial charge on any atom is -0.450 e. The number of hydrogen-bond acceptors (Lipinski definition) is 4. The normalized spacial score (nSPS) is 26.2. The number of aliphatic hydroxyl groups excluding tert-OH is 1. The van der Waals surface area contributed by atoms with Crippen molar-refractivity contribution in [2.45, 2.75) is 31.8 Å². The smallest absolute Gasteiger partial charge is 0.404 e. The van der Waals surface area contributed by atoms with E-state index in [-0.39, 0.29) is 6.10 Å². The number of aliphatic hydroxyl groups is 1. The van der Waals surface area contributed by atoms with Crippen LogP contribution in [0.15, 0.2) is 0 Å². The Hall–Kier alpha value is -0.810. The van der Waals surface area contributed by atoms with Gasteiger partial charge in [-0.3, -0.25) is 0 Å². The van der Waals surface area contributed by atoms with Crippen molar-refractivity contribution in [3.05, 3.63) is 0 Å². The topological polar surface area (TPSA) is 84.6 Å². The van der Waals surface area contributed by atoms with Gasteiger partial charge in [0.05, 0.1) is 12.7 Å². The fourth-order valence-corrected chi connectivity index (χ4v) is 1.91. The third-order valence-electron chi connectivity index (χ3n) is 2.80. The molecule has 0 radical (unpaired) electrons. The fraction of sp³-hybridized carbons (Fsp3) is 0.900. The van der Waals surface area contributed by atoms with Crippen LogP contribution in [0.4, 0.5) is 4.79 Å². The van der Waals surface area contributed by atoms with Crippen LogP contribution in [0, 0.1) is 5.92 Å². The molecule has 1 aliphatic rings. The number of carbonyl (C=O) groups is 1. The average Bonchev–Trinajstić information content (AvgIpc) is 2.20. The zero-order chi connectivity index (χ0) is 11.1. The van der Waals surface area contributed by atoms with Crippen molar-refractivity contribution < 1.29 is 14.6 Å². The van der Waals surface area contributed by atoms with Gasteiger partial charge in [0, 0.05) is 6.54 Å². The number of primary amides is 1. The molecule has 0 aromatic rings. The van der Waals surface area contributed by atoms with Crippen LogP contribution in [-0.4, -0.2) is 37.0 Å². The zero-order valence-corrected chi connectivity index (χ0v) is 8.95. The van der Waals surface area contributed by atoms with Crippen LogP contribution in [0.2, 0.25) is 0 Å². The third-order valence-corrected chi connectivity index (χ3v) is 2.80. The van der Waals surface area contributed by atoms with Crippen LogP contribution < -0.4 is 11.1 Å². The highest BCUT2D eigenvalue weighted by Gasteiger charge is 2.21. The van der Waals surface area contributed by atoms with Crippen molar-refractivity contribution in [2.75, 3.05) is 19.7 Å². The molecule has 1 aliphatic heterocycles. The van der Waals surface area contributed by atoms with E-state index in [4.69, 9.17) is 5.73 Å². The molecule has 1 rings (SSSR count). The standard InChI is InChI=1S/C10H20N2O3/c11-10(14)15-6-2-1-3-8-4-5-12-7-9(8)13/h8-9,12-13H,1-7H2,(H2,11,14). The van der Waals surface area contributed by atoms with Crippen LogP contribution in [-0.2, 0) is 4.74 Å². The molecule has 0 bridgehead atoms. The van der Waals surface area contributed by atoms with Crippen molar-refractivity contribution in [1.82, 2.24) is 5.32 Å². The molecule has 1 saturated heterocycles. The van der Waals surface area contributed by atoms with E-state index in [1.807, 2.05) is 0 Å². The van der Waals surface area contributed by atoms with Crippen LogP contribution in [0.25, 0.3) is 0 Å². The Morgan fingerprint density at radius 1 is 1.53 bits per heavy atom. The molecule has 2 unspecified atom stereocenters. The van der Waals surface area contributed by atoms with Crippen molar-refractivity contribution in [3.8, 4) is 0 Å². The Labute approximate surface area is 90.0 Å². The monoisotopic (exact) mass is 216 g/mol. The fourth-order valence-electron chi connectivity index (χ4n) is 1.91. The number of piperidine rings is 1. The molecular weight excluding hydrogens is 196 g/mol. The maximum absolute atomic E-state index is 10.3. The van der Waals surface area contributed by atoms with Gasteiger partial charge in [0.25, 0.3) is 0 Å². The lowest BCUT2D eigenvalue weighted by atomic mass is 9.90. The van der Waals surface area contributed by atoms with Gasteiger partial charge in [-0.2, -0.15) is 0 Å². The molecule has 5 heteroatoms. The molecular formula is C10H20N2O3. The summed E-state index contributed by atoms with van der Waals surface area (Å²) in [4.78, 5) is 10.3. The lowest BCUT2D eigenvalue weighted by molar-refractivity contribution is 0.0743. The number of rotatable bonds is 5. The third kappa shape index (κ3) is 4.99. The summed E-state index contributed by atoms with van der Waals surface area (Å²) in [6, 6.07) is 0. The molecule has 0 aromatic heterocycles. The van der Waals surface area contributed by atoms with Gasteiger partial charge < -0.3 is 20.9 Å². The maximum Gasteiger partial charge on any atom is 0.404 e. The number of hydrogen-bond donors (Lipinski definition) is 3. The van der Waals surface area contributed by atoms with E-state index in [9.17, 15) is 9.90 Å². The SMILES string of the molecule is NC(=O)OCCCCC1CCNCC1O. The summed E-state index contributed by atoms with van der Waals surface area (Å²) < 4.78 is 4.62. The zero-order valence-electron chi connectivity index (χ0n) is 8.95. The second kappa shape index (κ2) is 6.63. The average molecular weight is 216 g/mol. The van der Waals surface area contributed by atoms with Gasteiger partial charge in [-0.15, -0.1) is 0 Å². The molecule has 15 heavy (non-hydrogen) atoms. The molecule has 0 spiro atoms. The van der Waals surface area contributed by atoms with E-state index in [0.717, 1.165) is 32.2 Å². The van der Waals surface area contributed by atoms with E-state index < -0.39 is 6.09 Å². The van der Waals surface area contributed by atoms with Gasteiger partial charge in [-0.25, -0.2) is 4.79 Å². The summed E-state index contributed by atoms with van der Waals surface area (Å²) in [5, 5.41) is 12.8. The lowest BCUT2D eigenvalue weighted by Gasteiger charge is -2.28. The van der Waals surface area contributed by atoms with Gasteiger partial charge in [0.2, 0.25) is 0 Å². The van der Waals surface area contributed by atoms with Crippen molar-refractivity contribution in [2.24, 2.45) is 11.7 Å². The van der Waals surface area contributed by atoms with Gasteiger partial charge >= 0.3 is 6.09 Å². The van der Waals surface area contributed by atoms with Crippen molar-refractivity contribution in [1.29, 1.82) is 0 Å². The first-order chi connectivity index (χ1) is 7.20. The highest BCUT2D eigenvalue weighted by molar-refractivity contribution is 5.64. The van der Waals surface area contributed by atoms with Crippen LogP contribution in [0.1, 0.15) is 25.7 Å². The Kier molecular flexibility index (Phi) is 5.42. The Morgan fingerprint density at radius 2 is 2.33 bits per heavy atom. The largest absolute Gasteiger partial charge is 0.450 e. The van der Waals surface area contributed by atoms with E-state index >= 15 is 0 Å². The van der Waals surface area contributed by atoms with Crippen molar-refractivity contribution >= 4 is 6.09 Å². The van der Waals surface area contributed by atoms with Gasteiger partial charge in [-0.05, 0) is 38.1 Å². The molecule has 0 aromatic carbocycles. The summed E-state index contributed by atoms with van der Waals surface area (Å²) in [6.07, 6.45) is 2.87. The number of carbonyl (C=O) groups excluding carboxylic acids is 1. The van der Waals surface area contributed by atoms with Crippen LogP contribution >= 0.6 is 0 Å². The first-order valence-corrected chi connectivity index (χ1v) is 5.51. The predicted molar refractivity (Wildman–Crippen MR) is 56.4 cm³/mol. The van der Waals surface area contributed by atoms with Gasteiger partial charge in [0.15, 0.2) is 0 Å². The van der Waals surface area contributed by atoms with E-state index in [1.165, 1.54) is 0 Å². The Morgan fingerprint density at radius 3 is 3.00 bits per heavy atom. The molecule has 88 valence electrons. The number of unbranched alkanes of at least 4 members (excludes halogenated alkanes) is 1. The number of β-amino-alcohol motifs (C(OH)–C–C–N with tert-alkyl or cyclic N) is 1. The highest BCUT2D eigenvalue weighted by atomic mass is 16.5. The minimum atomic E-state index is -0.711. The summed E-state index contributed by atoms with van der Waals surface area (Å²) >= 11 is 0. The molecule has 0 aliphatic carbocycles.